The quantitative estimate of drug-likeness (QED) is 0.636. The molecule has 0 saturated carbocycles. The first kappa shape index (κ1) is 19.0. The van der Waals surface area contributed by atoms with Gasteiger partial charge in [-0.1, -0.05) is 12.1 Å². The zero-order valence-corrected chi connectivity index (χ0v) is 17.0. The van der Waals surface area contributed by atoms with E-state index in [9.17, 15) is 8.42 Å². The van der Waals surface area contributed by atoms with Gasteiger partial charge in [0, 0.05) is 42.1 Å². The number of hydrogen-bond acceptors (Lipinski definition) is 3. The van der Waals surface area contributed by atoms with E-state index in [1.807, 2.05) is 12.1 Å². The van der Waals surface area contributed by atoms with Gasteiger partial charge >= 0.3 is 0 Å². The first-order valence-electron chi connectivity index (χ1n) is 9.09. The van der Waals surface area contributed by atoms with E-state index in [1.165, 1.54) is 23.7 Å². The maximum absolute atomic E-state index is 13.2. The fourth-order valence-corrected chi connectivity index (χ4v) is 5.93. The van der Waals surface area contributed by atoms with E-state index in [1.54, 1.807) is 24.3 Å². The summed E-state index contributed by atoms with van der Waals surface area (Å²) in [5, 5.41) is 4.68. The molecule has 5 rings (SSSR count). The standard InChI is InChI=1S/C21H19N3O2S.ClH/c1-22-13-4-3-5-15(10-13)27(25,26)16-7-9-19-17(12-16)21-18-8-6-14(23-18)11-20(21)24(19)2;/h3-5,7,9-10,12,14,18,23H,6,8,11H2,2H3;1H. The van der Waals surface area contributed by atoms with Gasteiger partial charge in [0.2, 0.25) is 9.84 Å². The van der Waals surface area contributed by atoms with Crippen molar-refractivity contribution in [3.8, 4) is 0 Å². The first-order valence-corrected chi connectivity index (χ1v) is 10.6. The van der Waals surface area contributed by atoms with E-state index in [0.717, 1.165) is 23.7 Å². The third-order valence-corrected chi connectivity index (χ3v) is 7.68. The molecule has 2 bridgehead atoms. The van der Waals surface area contributed by atoms with E-state index in [2.05, 4.69) is 21.8 Å². The summed E-state index contributed by atoms with van der Waals surface area (Å²) in [7, 11) is -1.60. The minimum absolute atomic E-state index is 0. The Labute approximate surface area is 170 Å². The molecule has 2 aliphatic rings. The molecule has 1 fully saturated rings. The van der Waals surface area contributed by atoms with Crippen molar-refractivity contribution >= 4 is 38.8 Å². The van der Waals surface area contributed by atoms with Crippen molar-refractivity contribution in [3.63, 3.8) is 0 Å². The Morgan fingerprint density at radius 2 is 1.93 bits per heavy atom. The van der Waals surface area contributed by atoms with Gasteiger partial charge in [0.05, 0.1) is 16.4 Å². The molecule has 7 heteroatoms. The van der Waals surface area contributed by atoms with Crippen LogP contribution in [0.1, 0.15) is 30.1 Å². The fraction of sp³-hybridized carbons (Fsp3) is 0.286. The maximum atomic E-state index is 13.2. The second kappa shape index (κ2) is 6.63. The number of aryl methyl sites for hydroxylation is 1. The molecule has 2 unspecified atom stereocenters. The van der Waals surface area contributed by atoms with Crippen molar-refractivity contribution in [1.82, 2.24) is 9.88 Å². The average Bonchev–Trinajstić information content (AvgIpc) is 3.20. The molecule has 0 aliphatic carbocycles. The molecule has 144 valence electrons. The van der Waals surface area contributed by atoms with Crippen LogP contribution < -0.4 is 5.32 Å². The van der Waals surface area contributed by atoms with Crippen molar-refractivity contribution in [2.45, 2.75) is 41.1 Å². The maximum Gasteiger partial charge on any atom is 0.205 e. The largest absolute Gasteiger partial charge is 0.347 e. The van der Waals surface area contributed by atoms with Crippen molar-refractivity contribution in [2.75, 3.05) is 0 Å². The highest BCUT2D eigenvalue weighted by Crippen LogP contribution is 2.42. The highest BCUT2D eigenvalue weighted by Gasteiger charge is 2.36. The molecule has 2 aromatic carbocycles. The lowest BCUT2D eigenvalue weighted by Gasteiger charge is -2.23. The summed E-state index contributed by atoms with van der Waals surface area (Å²) < 4.78 is 28.5. The van der Waals surface area contributed by atoms with E-state index < -0.39 is 9.84 Å². The SMILES string of the molecule is Cl.[C-]#[N+]c1cccc(S(=O)(=O)c2ccc3c(c2)c2c(n3C)CC3CCC2N3)c1. The van der Waals surface area contributed by atoms with Crippen LogP contribution in [0.4, 0.5) is 5.69 Å². The van der Waals surface area contributed by atoms with Gasteiger partial charge in [0.25, 0.3) is 0 Å². The minimum atomic E-state index is -3.67. The van der Waals surface area contributed by atoms with Gasteiger partial charge < -0.3 is 9.88 Å². The number of nitrogens with one attached hydrogen (secondary N) is 1. The van der Waals surface area contributed by atoms with Crippen molar-refractivity contribution in [1.29, 1.82) is 0 Å². The lowest BCUT2D eigenvalue weighted by molar-refractivity contribution is 0.503. The predicted octanol–water partition coefficient (Wildman–Crippen LogP) is 4.33. The van der Waals surface area contributed by atoms with Crippen molar-refractivity contribution < 1.29 is 8.42 Å². The summed E-state index contributed by atoms with van der Waals surface area (Å²) in [6.07, 6.45) is 3.26. The number of sulfone groups is 1. The molecule has 1 N–H and O–H groups in total. The predicted molar refractivity (Wildman–Crippen MR) is 111 cm³/mol. The second-order valence-electron chi connectivity index (χ2n) is 7.41. The van der Waals surface area contributed by atoms with Gasteiger partial charge in [-0.05, 0) is 48.7 Å². The highest BCUT2D eigenvalue weighted by molar-refractivity contribution is 7.91. The molecule has 2 aliphatic heterocycles. The Morgan fingerprint density at radius 3 is 2.71 bits per heavy atom. The zero-order valence-electron chi connectivity index (χ0n) is 15.3. The Bertz CT molecular complexity index is 1240. The van der Waals surface area contributed by atoms with Gasteiger partial charge in [-0.25, -0.2) is 13.3 Å². The van der Waals surface area contributed by atoms with Crippen LogP contribution in [0.3, 0.4) is 0 Å². The third kappa shape index (κ3) is 2.66. The molecule has 3 heterocycles. The van der Waals surface area contributed by atoms with Crippen LogP contribution in [0.5, 0.6) is 0 Å². The lowest BCUT2D eigenvalue weighted by atomic mass is 9.99. The molecule has 28 heavy (non-hydrogen) atoms. The molecular formula is C21H20ClN3O2S. The Hall–Kier alpha value is -2.33. The number of nitrogens with zero attached hydrogens (tertiary/aromatic N) is 2. The molecule has 0 amide bonds. The fourth-order valence-electron chi connectivity index (χ4n) is 4.61. The van der Waals surface area contributed by atoms with E-state index in [-0.39, 0.29) is 22.2 Å². The molecule has 1 saturated heterocycles. The van der Waals surface area contributed by atoms with Gasteiger partial charge in [-0.15, -0.1) is 12.4 Å². The van der Waals surface area contributed by atoms with E-state index in [0.29, 0.717) is 17.8 Å². The molecule has 0 spiro atoms. The zero-order chi connectivity index (χ0) is 18.8. The van der Waals surface area contributed by atoms with Crippen molar-refractivity contribution in [3.05, 3.63) is 65.1 Å². The summed E-state index contributed by atoms with van der Waals surface area (Å²) in [5.41, 5.74) is 3.98. The topological polar surface area (TPSA) is 55.5 Å². The number of halogens is 1. The Balaban J connectivity index is 0.00000192. The van der Waals surface area contributed by atoms with Gasteiger partial charge in [0.1, 0.15) is 0 Å². The van der Waals surface area contributed by atoms with E-state index >= 15 is 0 Å². The monoisotopic (exact) mass is 413 g/mol. The van der Waals surface area contributed by atoms with E-state index in [4.69, 9.17) is 6.57 Å². The summed E-state index contributed by atoms with van der Waals surface area (Å²) in [5.74, 6) is 0. The summed E-state index contributed by atoms with van der Waals surface area (Å²) in [6.45, 7) is 7.13. The number of fused-ring (bicyclic) bond motifs is 6. The number of aromatic nitrogens is 1. The minimum Gasteiger partial charge on any atom is -0.347 e. The van der Waals surface area contributed by atoms with Gasteiger partial charge in [-0.3, -0.25) is 0 Å². The smallest absolute Gasteiger partial charge is 0.205 e. The summed E-state index contributed by atoms with van der Waals surface area (Å²) >= 11 is 0. The van der Waals surface area contributed by atoms with Crippen LogP contribution in [0.2, 0.25) is 0 Å². The Kier molecular flexibility index (Phi) is 4.50. The summed E-state index contributed by atoms with van der Waals surface area (Å²) in [6, 6.07) is 12.5. The highest BCUT2D eigenvalue weighted by atomic mass is 35.5. The third-order valence-electron chi connectivity index (χ3n) is 5.93. The van der Waals surface area contributed by atoms with Crippen LogP contribution in [0.15, 0.2) is 52.3 Å². The average molecular weight is 414 g/mol. The molecule has 0 radical (unpaired) electrons. The molecule has 2 atom stereocenters. The van der Waals surface area contributed by atoms with Crippen LogP contribution in [-0.2, 0) is 23.3 Å². The van der Waals surface area contributed by atoms with Crippen LogP contribution in [0, 0.1) is 6.57 Å². The second-order valence-corrected chi connectivity index (χ2v) is 9.36. The normalized spacial score (nSPS) is 20.4. The molecule has 1 aromatic heterocycles. The lowest BCUT2D eigenvalue weighted by Crippen LogP contribution is -2.32. The van der Waals surface area contributed by atoms with Crippen LogP contribution >= 0.6 is 12.4 Å². The molecule has 5 nitrogen and oxygen atoms in total. The van der Waals surface area contributed by atoms with Crippen LogP contribution in [0.25, 0.3) is 15.7 Å². The number of benzene rings is 2. The molecular weight excluding hydrogens is 394 g/mol. The van der Waals surface area contributed by atoms with Gasteiger partial charge in [0.15, 0.2) is 5.69 Å². The van der Waals surface area contributed by atoms with Gasteiger partial charge in [-0.2, -0.15) is 0 Å². The Morgan fingerprint density at radius 1 is 1.14 bits per heavy atom. The molecule has 3 aromatic rings. The first-order chi connectivity index (χ1) is 13.0. The summed E-state index contributed by atoms with van der Waals surface area (Å²) in [4.78, 5) is 3.80. The van der Waals surface area contributed by atoms with Crippen LogP contribution in [-0.4, -0.2) is 19.0 Å². The number of rotatable bonds is 2. The van der Waals surface area contributed by atoms with Crippen molar-refractivity contribution in [2.24, 2.45) is 7.05 Å². The number of hydrogen-bond donors (Lipinski definition) is 1.